The highest BCUT2D eigenvalue weighted by atomic mass is 19.4. The third kappa shape index (κ3) is 5.32. The summed E-state index contributed by atoms with van der Waals surface area (Å²) in [6, 6.07) is 10.5. The van der Waals surface area contributed by atoms with Crippen molar-refractivity contribution in [3.05, 3.63) is 76.7 Å². The summed E-state index contributed by atoms with van der Waals surface area (Å²) in [6.45, 7) is 2.12. The number of rotatable bonds is 7. The average Bonchev–Trinajstić information content (AvgIpc) is 3.17. The molecule has 0 saturated heterocycles. The molecule has 178 valence electrons. The first-order valence-electron chi connectivity index (χ1n) is 11.0. The second kappa shape index (κ2) is 9.75. The van der Waals surface area contributed by atoms with Gasteiger partial charge in [-0.15, -0.1) is 0 Å². The number of ether oxygens (including phenoxy) is 1. The summed E-state index contributed by atoms with van der Waals surface area (Å²) >= 11 is 0. The van der Waals surface area contributed by atoms with Crippen LogP contribution in [0.4, 0.5) is 13.2 Å². The third-order valence-electron chi connectivity index (χ3n) is 5.82. The van der Waals surface area contributed by atoms with Crippen LogP contribution in [0.2, 0.25) is 0 Å². The number of halogens is 3. The molecule has 4 rings (SSSR count). The lowest BCUT2D eigenvalue weighted by atomic mass is 9.86. The number of oxazole rings is 1. The molecule has 3 aromatic rings. The molecule has 1 aliphatic rings. The fourth-order valence-electron chi connectivity index (χ4n) is 4.12. The van der Waals surface area contributed by atoms with E-state index in [9.17, 15) is 18.0 Å². The van der Waals surface area contributed by atoms with Crippen molar-refractivity contribution < 1.29 is 32.2 Å². The first kappa shape index (κ1) is 23.6. The Hall–Kier alpha value is -3.55. The third-order valence-corrected chi connectivity index (χ3v) is 5.82. The Balaban J connectivity index is 1.44. The molecule has 0 amide bonds. The summed E-state index contributed by atoms with van der Waals surface area (Å²) in [5.41, 5.74) is 3.57. The number of benzene rings is 2. The van der Waals surface area contributed by atoms with Crippen LogP contribution in [-0.4, -0.2) is 22.7 Å². The zero-order valence-corrected chi connectivity index (χ0v) is 18.6. The number of nitrogens with zero attached hydrogens (tertiary/aromatic N) is 1. The molecule has 8 heteroatoms. The summed E-state index contributed by atoms with van der Waals surface area (Å²) in [5, 5.41) is 8.98. The maximum Gasteiger partial charge on any atom is 0.416 e. The highest BCUT2D eigenvalue weighted by molar-refractivity contribution is 5.77. The second-order valence-electron chi connectivity index (χ2n) is 8.16. The fraction of sp³-hybridized carbons (Fsp3) is 0.308. The number of aromatic nitrogens is 1. The predicted octanol–water partition coefficient (Wildman–Crippen LogP) is 6.48. The SMILES string of the molecule is Cc1oc(-c2ccc(C(F)(F)F)cc2)nc1CCOc1cccc2c1CCC/C2=C/CC(=O)O. The smallest absolute Gasteiger partial charge is 0.416 e. The molecule has 0 spiro atoms. The lowest BCUT2D eigenvalue weighted by Crippen LogP contribution is -2.09. The number of allylic oxidation sites excluding steroid dienone is 1. The number of hydrogen-bond donors (Lipinski definition) is 1. The van der Waals surface area contributed by atoms with Gasteiger partial charge < -0.3 is 14.3 Å². The van der Waals surface area contributed by atoms with Crippen molar-refractivity contribution in [2.75, 3.05) is 6.61 Å². The Morgan fingerprint density at radius 1 is 1.18 bits per heavy atom. The van der Waals surface area contributed by atoms with Crippen LogP contribution in [0, 0.1) is 6.92 Å². The molecule has 1 heterocycles. The van der Waals surface area contributed by atoms with E-state index in [1.165, 1.54) is 12.1 Å². The minimum absolute atomic E-state index is 0.00738. The minimum atomic E-state index is -4.39. The van der Waals surface area contributed by atoms with Crippen LogP contribution < -0.4 is 4.74 Å². The first-order chi connectivity index (χ1) is 16.2. The second-order valence-corrected chi connectivity index (χ2v) is 8.16. The monoisotopic (exact) mass is 471 g/mol. The Labute approximate surface area is 194 Å². The van der Waals surface area contributed by atoms with Crippen LogP contribution in [0.5, 0.6) is 5.75 Å². The van der Waals surface area contributed by atoms with Gasteiger partial charge in [-0.2, -0.15) is 13.2 Å². The number of hydrogen-bond acceptors (Lipinski definition) is 4. The number of aliphatic carboxylic acids is 1. The normalized spacial score (nSPS) is 14.8. The van der Waals surface area contributed by atoms with Gasteiger partial charge in [0.25, 0.3) is 0 Å². The maximum atomic E-state index is 12.8. The quantitative estimate of drug-likeness (QED) is 0.427. The zero-order chi connectivity index (χ0) is 24.3. The molecule has 1 aromatic heterocycles. The Morgan fingerprint density at radius 3 is 2.65 bits per heavy atom. The van der Waals surface area contributed by atoms with E-state index in [1.807, 2.05) is 18.2 Å². The van der Waals surface area contributed by atoms with Crippen LogP contribution in [0.1, 0.15) is 47.4 Å². The Bertz CT molecular complexity index is 1210. The summed E-state index contributed by atoms with van der Waals surface area (Å²) in [5.74, 6) is 0.771. The topological polar surface area (TPSA) is 72.6 Å². The molecule has 1 N–H and O–H groups in total. The molecule has 0 fully saturated rings. The molecule has 0 unspecified atom stereocenters. The van der Waals surface area contributed by atoms with E-state index in [0.29, 0.717) is 30.0 Å². The molecular formula is C26H24F3NO4. The van der Waals surface area contributed by atoms with Gasteiger partial charge in [0.05, 0.1) is 24.3 Å². The molecule has 0 saturated carbocycles. The molecule has 34 heavy (non-hydrogen) atoms. The summed E-state index contributed by atoms with van der Waals surface area (Å²) in [6.07, 6.45) is 0.472. The summed E-state index contributed by atoms with van der Waals surface area (Å²) < 4.78 is 50.1. The average molecular weight is 471 g/mol. The largest absolute Gasteiger partial charge is 0.493 e. The number of carboxylic acid groups (broad SMARTS) is 1. The van der Waals surface area contributed by atoms with Crippen LogP contribution >= 0.6 is 0 Å². The van der Waals surface area contributed by atoms with E-state index in [1.54, 1.807) is 13.0 Å². The summed E-state index contributed by atoms with van der Waals surface area (Å²) in [4.78, 5) is 15.4. The number of alkyl halides is 3. The van der Waals surface area contributed by atoms with Gasteiger partial charge in [-0.3, -0.25) is 4.79 Å². The van der Waals surface area contributed by atoms with Crippen molar-refractivity contribution in [2.24, 2.45) is 0 Å². The predicted molar refractivity (Wildman–Crippen MR) is 120 cm³/mol. The van der Waals surface area contributed by atoms with Gasteiger partial charge in [-0.05, 0) is 67.7 Å². The molecule has 0 aliphatic heterocycles. The van der Waals surface area contributed by atoms with Crippen molar-refractivity contribution in [1.29, 1.82) is 0 Å². The lowest BCUT2D eigenvalue weighted by molar-refractivity contribution is -0.138. The van der Waals surface area contributed by atoms with Crippen molar-refractivity contribution in [3.63, 3.8) is 0 Å². The summed E-state index contributed by atoms with van der Waals surface area (Å²) in [7, 11) is 0. The molecule has 0 radical (unpaired) electrons. The van der Waals surface area contributed by atoms with E-state index in [-0.39, 0.29) is 12.3 Å². The molecule has 2 aromatic carbocycles. The van der Waals surface area contributed by atoms with Crippen molar-refractivity contribution in [3.8, 4) is 17.2 Å². The first-order valence-corrected chi connectivity index (χ1v) is 11.0. The van der Waals surface area contributed by atoms with E-state index in [4.69, 9.17) is 14.3 Å². The fourth-order valence-corrected chi connectivity index (χ4v) is 4.12. The molecule has 1 aliphatic carbocycles. The minimum Gasteiger partial charge on any atom is -0.493 e. The lowest BCUT2D eigenvalue weighted by Gasteiger charge is -2.22. The van der Waals surface area contributed by atoms with E-state index < -0.39 is 17.7 Å². The van der Waals surface area contributed by atoms with Gasteiger partial charge in [0.2, 0.25) is 5.89 Å². The van der Waals surface area contributed by atoms with E-state index >= 15 is 0 Å². The van der Waals surface area contributed by atoms with Gasteiger partial charge in [0.1, 0.15) is 11.5 Å². The van der Waals surface area contributed by atoms with Crippen molar-refractivity contribution in [2.45, 2.75) is 45.2 Å². The highest BCUT2D eigenvalue weighted by Gasteiger charge is 2.30. The van der Waals surface area contributed by atoms with E-state index in [0.717, 1.165) is 53.8 Å². The van der Waals surface area contributed by atoms with Crippen LogP contribution in [-0.2, 0) is 23.8 Å². The van der Waals surface area contributed by atoms with Gasteiger partial charge in [-0.1, -0.05) is 18.2 Å². The van der Waals surface area contributed by atoms with Crippen LogP contribution in [0.3, 0.4) is 0 Å². The van der Waals surface area contributed by atoms with Crippen LogP contribution in [0.15, 0.2) is 53.0 Å². The van der Waals surface area contributed by atoms with Gasteiger partial charge in [0.15, 0.2) is 0 Å². The van der Waals surface area contributed by atoms with Crippen LogP contribution in [0.25, 0.3) is 17.0 Å². The maximum absolute atomic E-state index is 12.8. The molecule has 5 nitrogen and oxygen atoms in total. The molecular weight excluding hydrogens is 447 g/mol. The molecule has 0 atom stereocenters. The van der Waals surface area contributed by atoms with Gasteiger partial charge in [-0.25, -0.2) is 4.98 Å². The molecule has 0 bridgehead atoms. The Kier molecular flexibility index (Phi) is 6.77. The number of fused-ring (bicyclic) bond motifs is 1. The van der Waals surface area contributed by atoms with Crippen molar-refractivity contribution in [1.82, 2.24) is 4.98 Å². The number of carboxylic acids is 1. The van der Waals surface area contributed by atoms with Gasteiger partial charge >= 0.3 is 12.1 Å². The highest BCUT2D eigenvalue weighted by Crippen LogP contribution is 2.36. The number of carbonyl (C=O) groups is 1. The number of aryl methyl sites for hydroxylation is 1. The van der Waals surface area contributed by atoms with Crippen molar-refractivity contribution >= 4 is 11.5 Å². The zero-order valence-electron chi connectivity index (χ0n) is 18.6. The van der Waals surface area contributed by atoms with E-state index in [2.05, 4.69) is 4.98 Å². The Morgan fingerprint density at radius 2 is 1.94 bits per heavy atom. The standard InChI is InChI=1S/C26H24F3NO4/c1-16-22(30-25(34-16)18-8-11-19(12-9-18)26(27,28)29)14-15-33-23-7-3-5-20-17(10-13-24(31)32)4-2-6-21(20)23/h3,5,7-12H,2,4,6,13-15H2,1H3,(H,31,32)/b17-10-. The van der Waals surface area contributed by atoms with Gasteiger partial charge in [0, 0.05) is 17.5 Å².